The van der Waals surface area contributed by atoms with Crippen molar-refractivity contribution in [1.82, 2.24) is 4.98 Å². The molecule has 1 amide bonds. The lowest BCUT2D eigenvalue weighted by Gasteiger charge is -2.03. The molecule has 3 rings (SSSR count). The fourth-order valence-electron chi connectivity index (χ4n) is 2.18. The summed E-state index contributed by atoms with van der Waals surface area (Å²) in [6, 6.07) is 15.2. The minimum Gasteiger partial charge on any atom is -0.298 e. The van der Waals surface area contributed by atoms with Gasteiger partial charge in [-0.25, -0.2) is 4.98 Å². The summed E-state index contributed by atoms with van der Waals surface area (Å²) < 4.78 is 0. The fraction of sp³-hybridized carbons (Fsp3) is 0.111. The summed E-state index contributed by atoms with van der Waals surface area (Å²) in [6.07, 6.45) is 1.01. The summed E-state index contributed by atoms with van der Waals surface area (Å²) in [5, 5.41) is 5.72. The maximum absolute atomic E-state index is 12.2. The zero-order chi connectivity index (χ0) is 16.2. The average molecular weight is 343 g/mol. The maximum Gasteiger partial charge on any atom is 0.258 e. The van der Waals surface area contributed by atoms with Crippen molar-refractivity contribution in [3.63, 3.8) is 0 Å². The molecule has 0 bridgehead atoms. The highest BCUT2D eigenvalue weighted by molar-refractivity contribution is 7.14. The topological polar surface area (TPSA) is 42.0 Å². The molecule has 1 aromatic heterocycles. The van der Waals surface area contributed by atoms with Crippen LogP contribution in [0.3, 0.4) is 0 Å². The van der Waals surface area contributed by atoms with Crippen LogP contribution >= 0.6 is 22.9 Å². The van der Waals surface area contributed by atoms with Gasteiger partial charge < -0.3 is 0 Å². The molecule has 1 N–H and O–H groups in total. The van der Waals surface area contributed by atoms with Crippen molar-refractivity contribution in [3.05, 3.63) is 70.1 Å². The molecular weight excluding hydrogens is 328 g/mol. The molecule has 0 aliphatic carbocycles. The van der Waals surface area contributed by atoms with Crippen LogP contribution in [0.25, 0.3) is 11.3 Å². The van der Waals surface area contributed by atoms with E-state index >= 15 is 0 Å². The first kappa shape index (κ1) is 15.7. The molecule has 0 saturated heterocycles. The highest BCUT2D eigenvalue weighted by Gasteiger charge is 2.12. The van der Waals surface area contributed by atoms with Crippen molar-refractivity contribution >= 4 is 34.0 Å². The largest absolute Gasteiger partial charge is 0.298 e. The van der Waals surface area contributed by atoms with Crippen molar-refractivity contribution in [2.75, 3.05) is 5.32 Å². The van der Waals surface area contributed by atoms with Gasteiger partial charge in [0.05, 0.1) is 16.3 Å². The van der Waals surface area contributed by atoms with Gasteiger partial charge >= 0.3 is 0 Å². The third-order valence-corrected chi connectivity index (χ3v) is 4.59. The molecule has 0 unspecified atom stereocenters. The van der Waals surface area contributed by atoms with Crippen molar-refractivity contribution < 1.29 is 4.79 Å². The van der Waals surface area contributed by atoms with E-state index in [2.05, 4.69) is 29.4 Å². The highest BCUT2D eigenvalue weighted by atomic mass is 35.5. The lowest BCUT2D eigenvalue weighted by Crippen LogP contribution is -2.12. The Hall–Kier alpha value is -2.17. The van der Waals surface area contributed by atoms with Crippen LogP contribution in [0.5, 0.6) is 0 Å². The zero-order valence-electron chi connectivity index (χ0n) is 12.5. The predicted molar refractivity (Wildman–Crippen MR) is 96.3 cm³/mol. The van der Waals surface area contributed by atoms with Gasteiger partial charge in [0.1, 0.15) is 0 Å². The Bertz CT molecular complexity index is 827. The van der Waals surface area contributed by atoms with E-state index in [0.29, 0.717) is 15.7 Å². The Kier molecular flexibility index (Phi) is 4.74. The fourth-order valence-corrected chi connectivity index (χ4v) is 3.12. The Balaban J connectivity index is 1.76. The Labute approximate surface area is 144 Å². The molecule has 0 aliphatic rings. The summed E-state index contributed by atoms with van der Waals surface area (Å²) in [5.41, 5.74) is 3.62. The van der Waals surface area contributed by atoms with E-state index in [1.165, 1.54) is 16.9 Å². The second-order valence-corrected chi connectivity index (χ2v) is 6.29. The first-order valence-corrected chi connectivity index (χ1v) is 8.54. The van der Waals surface area contributed by atoms with E-state index in [1.54, 1.807) is 24.3 Å². The molecule has 0 fully saturated rings. The number of halogens is 1. The van der Waals surface area contributed by atoms with Crippen LogP contribution in [0.2, 0.25) is 5.02 Å². The SMILES string of the molecule is CCc1ccc(-c2csc(NC(=O)c3ccccc3Cl)n2)cc1. The number of hydrogen-bond donors (Lipinski definition) is 1. The third-order valence-electron chi connectivity index (χ3n) is 3.50. The molecule has 0 radical (unpaired) electrons. The lowest BCUT2D eigenvalue weighted by molar-refractivity contribution is 0.102. The van der Waals surface area contributed by atoms with Gasteiger partial charge in [-0.05, 0) is 24.1 Å². The molecule has 116 valence electrons. The molecule has 0 atom stereocenters. The standard InChI is InChI=1S/C18H15ClN2OS/c1-2-12-7-9-13(10-8-12)16-11-23-18(20-16)21-17(22)14-5-3-4-6-15(14)19/h3-11H,2H2,1H3,(H,20,21,22). The lowest BCUT2D eigenvalue weighted by atomic mass is 10.1. The van der Waals surface area contributed by atoms with Crippen LogP contribution in [-0.4, -0.2) is 10.9 Å². The molecule has 2 aromatic carbocycles. The number of benzene rings is 2. The summed E-state index contributed by atoms with van der Waals surface area (Å²) in [4.78, 5) is 16.7. The van der Waals surface area contributed by atoms with Gasteiger partial charge in [-0.2, -0.15) is 0 Å². The average Bonchev–Trinajstić information content (AvgIpc) is 3.03. The summed E-state index contributed by atoms with van der Waals surface area (Å²) in [7, 11) is 0. The maximum atomic E-state index is 12.2. The van der Waals surface area contributed by atoms with E-state index in [1.807, 2.05) is 17.5 Å². The van der Waals surface area contributed by atoms with Gasteiger partial charge in [-0.3, -0.25) is 10.1 Å². The smallest absolute Gasteiger partial charge is 0.258 e. The number of nitrogens with zero attached hydrogens (tertiary/aromatic N) is 1. The van der Waals surface area contributed by atoms with E-state index in [4.69, 9.17) is 11.6 Å². The number of aromatic nitrogens is 1. The predicted octanol–water partition coefficient (Wildman–Crippen LogP) is 5.28. The van der Waals surface area contributed by atoms with Gasteiger partial charge in [0.2, 0.25) is 0 Å². The number of carbonyl (C=O) groups is 1. The number of aryl methyl sites for hydroxylation is 1. The monoisotopic (exact) mass is 342 g/mol. The van der Waals surface area contributed by atoms with E-state index in [0.717, 1.165) is 17.7 Å². The highest BCUT2D eigenvalue weighted by Crippen LogP contribution is 2.26. The quantitative estimate of drug-likeness (QED) is 0.701. The van der Waals surface area contributed by atoms with Crippen LogP contribution < -0.4 is 5.32 Å². The molecule has 3 nitrogen and oxygen atoms in total. The summed E-state index contributed by atoms with van der Waals surface area (Å²) in [5.74, 6) is -0.252. The molecule has 3 aromatic rings. The number of amides is 1. The van der Waals surface area contributed by atoms with Crippen LogP contribution in [0, 0.1) is 0 Å². The van der Waals surface area contributed by atoms with Crippen LogP contribution in [0.4, 0.5) is 5.13 Å². The summed E-state index contributed by atoms with van der Waals surface area (Å²) >= 11 is 7.43. The normalized spacial score (nSPS) is 10.5. The van der Waals surface area contributed by atoms with Gasteiger partial charge in [0.25, 0.3) is 5.91 Å². The number of anilines is 1. The van der Waals surface area contributed by atoms with Gasteiger partial charge in [0, 0.05) is 10.9 Å². The second kappa shape index (κ2) is 6.94. The van der Waals surface area contributed by atoms with Crippen molar-refractivity contribution in [3.8, 4) is 11.3 Å². The van der Waals surface area contributed by atoms with Crippen LogP contribution in [0.1, 0.15) is 22.8 Å². The molecule has 0 saturated carbocycles. The molecule has 5 heteroatoms. The van der Waals surface area contributed by atoms with Gasteiger partial charge in [-0.1, -0.05) is 54.9 Å². The van der Waals surface area contributed by atoms with Crippen LogP contribution in [-0.2, 0) is 6.42 Å². The Morgan fingerprint density at radius 3 is 2.61 bits per heavy atom. The molecule has 0 aliphatic heterocycles. The number of nitrogens with one attached hydrogen (secondary N) is 1. The minimum absolute atomic E-state index is 0.252. The van der Waals surface area contributed by atoms with Crippen molar-refractivity contribution in [1.29, 1.82) is 0 Å². The number of thiazole rings is 1. The Morgan fingerprint density at radius 1 is 1.17 bits per heavy atom. The molecule has 0 spiro atoms. The van der Waals surface area contributed by atoms with Crippen molar-refractivity contribution in [2.24, 2.45) is 0 Å². The Morgan fingerprint density at radius 2 is 1.91 bits per heavy atom. The molecular formula is C18H15ClN2OS. The summed E-state index contributed by atoms with van der Waals surface area (Å²) in [6.45, 7) is 2.13. The van der Waals surface area contributed by atoms with E-state index in [-0.39, 0.29) is 5.91 Å². The van der Waals surface area contributed by atoms with Gasteiger partial charge in [0.15, 0.2) is 5.13 Å². The van der Waals surface area contributed by atoms with E-state index < -0.39 is 0 Å². The third kappa shape index (κ3) is 3.60. The van der Waals surface area contributed by atoms with Gasteiger partial charge in [-0.15, -0.1) is 11.3 Å². The van der Waals surface area contributed by atoms with Crippen LogP contribution in [0.15, 0.2) is 53.9 Å². The molecule has 1 heterocycles. The number of rotatable bonds is 4. The zero-order valence-corrected chi connectivity index (χ0v) is 14.1. The first-order chi connectivity index (χ1) is 11.2. The minimum atomic E-state index is -0.252. The second-order valence-electron chi connectivity index (χ2n) is 5.02. The van der Waals surface area contributed by atoms with Crippen molar-refractivity contribution in [2.45, 2.75) is 13.3 Å². The molecule has 23 heavy (non-hydrogen) atoms. The number of hydrogen-bond acceptors (Lipinski definition) is 3. The van der Waals surface area contributed by atoms with E-state index in [9.17, 15) is 4.79 Å². The number of carbonyl (C=O) groups excluding carboxylic acids is 1. The first-order valence-electron chi connectivity index (χ1n) is 7.28.